The quantitative estimate of drug-likeness (QED) is 0.375. The molecule has 0 aliphatic carbocycles. The molecule has 0 bridgehead atoms. The number of hydrogen-bond donors (Lipinski definition) is 2. The van der Waals surface area contributed by atoms with Crippen LogP contribution in [0.15, 0.2) is 0 Å². The van der Waals surface area contributed by atoms with Gasteiger partial charge in [-0.3, -0.25) is 9.11 Å². The zero-order valence-corrected chi connectivity index (χ0v) is 11.3. The summed E-state index contributed by atoms with van der Waals surface area (Å²) in [4.78, 5) is 0. The van der Waals surface area contributed by atoms with Crippen LogP contribution in [0.2, 0.25) is 0 Å². The van der Waals surface area contributed by atoms with E-state index in [1.807, 2.05) is 0 Å². The zero-order valence-electron chi connectivity index (χ0n) is 6.91. The molecule has 0 aromatic carbocycles. The molecule has 6 nitrogen and oxygen atoms in total. The van der Waals surface area contributed by atoms with Gasteiger partial charge in [0, 0.05) is 36.5 Å². The summed E-state index contributed by atoms with van der Waals surface area (Å²) in [5.41, 5.74) is 0. The van der Waals surface area contributed by atoms with E-state index in [9.17, 15) is 0 Å². The van der Waals surface area contributed by atoms with Crippen LogP contribution in [-0.2, 0) is 46.9 Å². The summed E-state index contributed by atoms with van der Waals surface area (Å²) in [5.74, 6) is 0. The normalized spacial score (nSPS) is 5.80. The first-order chi connectivity index (χ1) is 2.00. The van der Waals surface area contributed by atoms with Crippen LogP contribution in [0, 0.1) is 0 Å². The van der Waals surface area contributed by atoms with Gasteiger partial charge in [-0.25, -0.2) is 0 Å². The molecular weight excluding hydrogens is 273 g/mol. The third-order valence-corrected chi connectivity index (χ3v) is 0. The van der Waals surface area contributed by atoms with E-state index >= 15 is 0 Å². The Morgan fingerprint density at radius 3 is 1.10 bits per heavy atom. The summed E-state index contributed by atoms with van der Waals surface area (Å²) in [6.45, 7) is 0. The first-order valence-electron chi connectivity index (χ1n) is 0.698. The fourth-order valence-electron chi connectivity index (χ4n) is 0. The molecule has 0 heterocycles. The van der Waals surface area contributed by atoms with Crippen LogP contribution in [0.3, 0.4) is 0 Å². The first-order valence-corrected chi connectivity index (χ1v) is 2.10. The van der Waals surface area contributed by atoms with Crippen molar-refractivity contribution in [3.8, 4) is 0 Å². The molecular formula is H8MgMnO6SZn. The number of hydrogen-bond acceptors (Lipinski definition) is 2. The second-order valence-corrected chi connectivity index (χ2v) is 1.34. The molecule has 0 aliphatic rings. The van der Waals surface area contributed by atoms with Crippen molar-refractivity contribution in [1.82, 2.24) is 0 Å². The maximum absolute atomic E-state index is 8.74. The van der Waals surface area contributed by atoms with Gasteiger partial charge in [-0.1, -0.05) is 0 Å². The second kappa shape index (κ2) is 17.0. The van der Waals surface area contributed by atoms with Gasteiger partial charge in [0.1, 0.15) is 0 Å². The van der Waals surface area contributed by atoms with Crippen molar-refractivity contribution in [2.45, 2.75) is 0 Å². The average molecular weight is 281 g/mol. The minimum absolute atomic E-state index is 0. The topological polar surface area (TPSA) is 138 Å². The molecule has 6 N–H and O–H groups in total. The van der Waals surface area contributed by atoms with Crippen LogP contribution < -0.4 is 0 Å². The summed E-state index contributed by atoms with van der Waals surface area (Å²) in [6.07, 6.45) is 0. The molecule has 0 fully saturated rings. The van der Waals surface area contributed by atoms with Gasteiger partial charge in [0.05, 0.1) is 0 Å². The third kappa shape index (κ3) is 254. The monoisotopic (exact) mass is 279 g/mol. The summed E-state index contributed by atoms with van der Waals surface area (Å²) in [5, 5.41) is 0. The molecule has 61 valence electrons. The minimum atomic E-state index is -4.67. The van der Waals surface area contributed by atoms with Crippen molar-refractivity contribution in [2.75, 3.05) is 0 Å². The Hall–Kier alpha value is 1.70. The molecule has 0 saturated heterocycles. The fraction of sp³-hybridized carbons (Fsp3) is 0. The summed E-state index contributed by atoms with van der Waals surface area (Å²) in [6, 6.07) is 0. The molecule has 1 radical (unpaired) electrons. The fourth-order valence-corrected chi connectivity index (χ4v) is 0. The van der Waals surface area contributed by atoms with Crippen LogP contribution in [0.5, 0.6) is 0 Å². The van der Waals surface area contributed by atoms with Crippen molar-refractivity contribution in [2.24, 2.45) is 0 Å². The SMILES string of the molecule is O.O.O=S(=O)(O)O.[H-].[H-].[Mg+2].[Mn].[Zn]. The van der Waals surface area contributed by atoms with Gasteiger partial charge in [-0.2, -0.15) is 8.42 Å². The molecule has 10 heavy (non-hydrogen) atoms. The molecule has 0 aromatic heterocycles. The Labute approximate surface area is 101 Å². The maximum Gasteiger partial charge on any atom is 2.00 e. The van der Waals surface area contributed by atoms with E-state index in [4.69, 9.17) is 17.5 Å². The van der Waals surface area contributed by atoms with Gasteiger partial charge in [0.2, 0.25) is 0 Å². The molecule has 0 amide bonds. The predicted molar refractivity (Wildman–Crippen MR) is 29.4 cm³/mol. The molecule has 0 saturated carbocycles. The first kappa shape index (κ1) is 41.2. The molecule has 0 spiro atoms. The van der Waals surface area contributed by atoms with Gasteiger partial charge < -0.3 is 13.8 Å². The van der Waals surface area contributed by atoms with Crippen LogP contribution in [-0.4, -0.2) is 51.5 Å². The van der Waals surface area contributed by atoms with Crippen molar-refractivity contribution in [3.05, 3.63) is 0 Å². The summed E-state index contributed by atoms with van der Waals surface area (Å²) in [7, 11) is -4.67. The Balaban J connectivity index is -0.00000000381. The summed E-state index contributed by atoms with van der Waals surface area (Å²) >= 11 is 0. The van der Waals surface area contributed by atoms with Gasteiger partial charge >= 0.3 is 33.5 Å². The largest absolute Gasteiger partial charge is 2.00 e. The Morgan fingerprint density at radius 1 is 1.10 bits per heavy atom. The van der Waals surface area contributed by atoms with E-state index in [2.05, 4.69) is 0 Å². The van der Waals surface area contributed by atoms with E-state index in [1.54, 1.807) is 0 Å². The van der Waals surface area contributed by atoms with E-state index in [0.717, 1.165) is 0 Å². The van der Waals surface area contributed by atoms with Gasteiger partial charge in [0.25, 0.3) is 0 Å². The smallest absolute Gasteiger partial charge is 1.00 e. The average Bonchev–Trinajstić information content (AvgIpc) is 0.722. The van der Waals surface area contributed by atoms with Crippen molar-refractivity contribution < 1.29 is 67.9 Å². The summed E-state index contributed by atoms with van der Waals surface area (Å²) < 4.78 is 31.6. The molecule has 0 unspecified atom stereocenters. The molecule has 0 aliphatic heterocycles. The van der Waals surface area contributed by atoms with Crippen molar-refractivity contribution >= 4 is 33.5 Å². The van der Waals surface area contributed by atoms with Gasteiger partial charge in [0.15, 0.2) is 0 Å². The Morgan fingerprint density at radius 2 is 1.10 bits per heavy atom. The van der Waals surface area contributed by atoms with Crippen LogP contribution in [0.1, 0.15) is 2.85 Å². The standard InChI is InChI=1S/Mg.Mn.H2O4S.2H2O.Zn.2H/c;;1-5(2,3)4;;;;;/h;;(H2,1,2,3,4);2*1H2;;;/q+2;;;;;;2*-1. The molecule has 0 aromatic rings. The van der Waals surface area contributed by atoms with Crippen LogP contribution in [0.4, 0.5) is 0 Å². The molecule has 0 rings (SSSR count). The van der Waals surface area contributed by atoms with Crippen LogP contribution >= 0.6 is 0 Å². The Bertz CT molecular complexity index is 109. The minimum Gasteiger partial charge on any atom is -1.00 e. The van der Waals surface area contributed by atoms with Crippen molar-refractivity contribution in [3.63, 3.8) is 0 Å². The van der Waals surface area contributed by atoms with E-state index < -0.39 is 10.4 Å². The Kier molecular flexibility index (Phi) is 70.0. The molecule has 0 atom stereocenters. The zero-order chi connectivity index (χ0) is 4.50. The van der Waals surface area contributed by atoms with E-state index in [1.165, 1.54) is 0 Å². The van der Waals surface area contributed by atoms with Crippen molar-refractivity contribution in [1.29, 1.82) is 0 Å². The molecule has 10 heteroatoms. The van der Waals surface area contributed by atoms with E-state index in [-0.39, 0.29) is 73.4 Å². The predicted octanol–water partition coefficient (Wildman–Crippen LogP) is -2.46. The van der Waals surface area contributed by atoms with Gasteiger partial charge in [-0.15, -0.1) is 0 Å². The van der Waals surface area contributed by atoms with Gasteiger partial charge in [-0.05, 0) is 0 Å². The van der Waals surface area contributed by atoms with E-state index in [0.29, 0.717) is 0 Å². The van der Waals surface area contributed by atoms with Crippen LogP contribution in [0.25, 0.3) is 0 Å². The second-order valence-electron chi connectivity index (χ2n) is 0.448. The third-order valence-electron chi connectivity index (χ3n) is 0. The maximum atomic E-state index is 8.74. The number of rotatable bonds is 0.